The Morgan fingerprint density at radius 3 is 2.71 bits per heavy atom. The Morgan fingerprint density at radius 2 is 2.14 bits per heavy atom. The monoisotopic (exact) mass is 362 g/mol. The van der Waals surface area contributed by atoms with E-state index >= 15 is 0 Å². The lowest BCUT2D eigenvalue weighted by Crippen LogP contribution is -2.14. The Balaban J connectivity index is 2.53. The van der Waals surface area contributed by atoms with Crippen molar-refractivity contribution in [1.29, 1.82) is 0 Å². The summed E-state index contributed by atoms with van der Waals surface area (Å²) in [6.07, 6.45) is -3.92. The van der Waals surface area contributed by atoms with Crippen LogP contribution in [-0.4, -0.2) is 22.4 Å². The molecule has 1 heterocycles. The van der Waals surface area contributed by atoms with E-state index in [9.17, 15) is 18.0 Å². The molecule has 0 radical (unpaired) electrons. The van der Waals surface area contributed by atoms with Gasteiger partial charge in [0.1, 0.15) is 5.56 Å². The van der Waals surface area contributed by atoms with E-state index in [1.807, 2.05) is 0 Å². The predicted octanol–water partition coefficient (Wildman–Crippen LogP) is 3.83. The summed E-state index contributed by atoms with van der Waals surface area (Å²) in [4.78, 5) is 11.6. The van der Waals surface area contributed by atoms with E-state index < -0.39 is 23.4 Å². The number of benzene rings is 1. The fourth-order valence-electron chi connectivity index (χ4n) is 1.68. The van der Waals surface area contributed by atoms with Crippen molar-refractivity contribution in [3.63, 3.8) is 0 Å². The molecule has 0 atom stereocenters. The number of esters is 1. The summed E-state index contributed by atoms with van der Waals surface area (Å²) < 4.78 is 45.3. The molecule has 0 saturated heterocycles. The van der Waals surface area contributed by atoms with Gasteiger partial charge in [-0.1, -0.05) is 22.0 Å². The van der Waals surface area contributed by atoms with Gasteiger partial charge in [0, 0.05) is 10.7 Å². The molecule has 1 aromatic heterocycles. The van der Waals surface area contributed by atoms with Crippen molar-refractivity contribution in [1.82, 2.24) is 9.78 Å². The number of ether oxygens (including phenoxy) is 1. The van der Waals surface area contributed by atoms with Gasteiger partial charge in [-0.15, -0.1) is 0 Å². The second kappa shape index (κ2) is 5.88. The van der Waals surface area contributed by atoms with Gasteiger partial charge in [-0.2, -0.15) is 18.3 Å². The summed E-state index contributed by atoms with van der Waals surface area (Å²) in [5, 5.41) is 3.71. The maximum absolute atomic E-state index is 13.0. The molecule has 4 nitrogen and oxygen atoms in total. The fraction of sp³-hybridized carbons (Fsp3) is 0.231. The number of hydrogen-bond donors (Lipinski definition) is 0. The minimum Gasteiger partial charge on any atom is -0.461 e. The van der Waals surface area contributed by atoms with Crippen LogP contribution in [0, 0.1) is 0 Å². The maximum Gasteiger partial charge on any atom is 0.420 e. The minimum atomic E-state index is -4.69. The van der Waals surface area contributed by atoms with Gasteiger partial charge in [-0.25, -0.2) is 9.48 Å². The highest BCUT2D eigenvalue weighted by molar-refractivity contribution is 9.10. The highest BCUT2D eigenvalue weighted by Crippen LogP contribution is 2.32. The number of hydrogen-bond acceptors (Lipinski definition) is 3. The van der Waals surface area contributed by atoms with Crippen LogP contribution >= 0.6 is 15.9 Å². The third-order valence-corrected chi connectivity index (χ3v) is 3.05. The Kier molecular flexibility index (Phi) is 4.36. The zero-order valence-corrected chi connectivity index (χ0v) is 12.4. The molecule has 0 aliphatic heterocycles. The molecule has 1 aromatic carbocycles. The number of rotatable bonds is 3. The molecule has 0 saturated carbocycles. The summed E-state index contributed by atoms with van der Waals surface area (Å²) in [6, 6.07) is 6.54. The first-order valence-electron chi connectivity index (χ1n) is 5.93. The van der Waals surface area contributed by atoms with Crippen LogP contribution in [0.4, 0.5) is 13.2 Å². The number of alkyl halides is 3. The average molecular weight is 363 g/mol. The van der Waals surface area contributed by atoms with E-state index in [0.29, 0.717) is 10.2 Å². The van der Waals surface area contributed by atoms with E-state index in [1.165, 1.54) is 6.92 Å². The molecule has 2 rings (SSSR count). The largest absolute Gasteiger partial charge is 0.461 e. The second-order valence-electron chi connectivity index (χ2n) is 4.03. The summed E-state index contributed by atoms with van der Waals surface area (Å²) >= 11 is 3.22. The lowest BCUT2D eigenvalue weighted by molar-refractivity contribution is -0.138. The van der Waals surface area contributed by atoms with Crippen LogP contribution in [0.25, 0.3) is 5.69 Å². The molecule has 0 unspecified atom stereocenters. The minimum absolute atomic E-state index is 0.0279. The van der Waals surface area contributed by atoms with Crippen LogP contribution in [0.1, 0.15) is 23.0 Å². The number of carbonyl (C=O) groups is 1. The van der Waals surface area contributed by atoms with Gasteiger partial charge in [0.2, 0.25) is 0 Å². The average Bonchev–Trinajstić information content (AvgIpc) is 2.84. The molecular weight excluding hydrogens is 353 g/mol. The predicted molar refractivity (Wildman–Crippen MR) is 72.2 cm³/mol. The summed E-state index contributed by atoms with van der Waals surface area (Å²) in [6.45, 7) is 1.48. The first-order chi connectivity index (χ1) is 9.82. The van der Waals surface area contributed by atoms with E-state index in [1.54, 1.807) is 24.3 Å². The highest BCUT2D eigenvalue weighted by Gasteiger charge is 2.39. The second-order valence-corrected chi connectivity index (χ2v) is 4.95. The van der Waals surface area contributed by atoms with Crippen LogP contribution in [0.15, 0.2) is 34.9 Å². The zero-order valence-electron chi connectivity index (χ0n) is 10.8. The maximum atomic E-state index is 13.0. The van der Waals surface area contributed by atoms with E-state index in [-0.39, 0.29) is 6.61 Å². The molecule has 0 amide bonds. The van der Waals surface area contributed by atoms with Crippen LogP contribution in [0.2, 0.25) is 0 Å². The third kappa shape index (κ3) is 3.44. The van der Waals surface area contributed by atoms with Gasteiger partial charge in [0.15, 0.2) is 5.69 Å². The molecule has 0 aliphatic carbocycles. The summed E-state index contributed by atoms with van der Waals surface area (Å²) in [7, 11) is 0. The Bertz CT molecular complexity index is 668. The first kappa shape index (κ1) is 15.6. The van der Waals surface area contributed by atoms with Crippen LogP contribution < -0.4 is 0 Å². The SMILES string of the molecule is CCOC(=O)c1nn(-c2cccc(Br)c2)cc1C(F)(F)F. The smallest absolute Gasteiger partial charge is 0.420 e. The molecule has 2 aromatic rings. The van der Waals surface area contributed by atoms with Crippen LogP contribution in [0.3, 0.4) is 0 Å². The zero-order chi connectivity index (χ0) is 15.6. The van der Waals surface area contributed by atoms with Gasteiger partial charge < -0.3 is 4.74 Å². The summed E-state index contributed by atoms with van der Waals surface area (Å²) in [5.74, 6) is -1.10. The van der Waals surface area contributed by atoms with Crippen LogP contribution in [0.5, 0.6) is 0 Å². The standard InChI is InChI=1S/C13H10BrF3N2O2/c1-2-21-12(20)11-10(13(15,16)17)7-19(18-11)9-5-3-4-8(14)6-9/h3-7H,2H2,1H3. The summed E-state index contributed by atoms with van der Waals surface area (Å²) in [5.41, 5.74) is -1.48. The van der Waals surface area contributed by atoms with E-state index in [0.717, 1.165) is 10.9 Å². The van der Waals surface area contributed by atoms with E-state index in [2.05, 4.69) is 25.8 Å². The molecule has 21 heavy (non-hydrogen) atoms. The van der Waals surface area contributed by atoms with Gasteiger partial charge in [-0.05, 0) is 25.1 Å². The number of nitrogens with zero attached hydrogens (tertiary/aromatic N) is 2. The quantitative estimate of drug-likeness (QED) is 0.779. The third-order valence-electron chi connectivity index (χ3n) is 2.56. The van der Waals surface area contributed by atoms with Crippen molar-refractivity contribution in [2.24, 2.45) is 0 Å². The normalized spacial score (nSPS) is 11.5. The van der Waals surface area contributed by atoms with Crippen molar-refractivity contribution < 1.29 is 22.7 Å². The van der Waals surface area contributed by atoms with Gasteiger partial charge >= 0.3 is 12.1 Å². The van der Waals surface area contributed by atoms with Crippen molar-refractivity contribution in [2.75, 3.05) is 6.61 Å². The van der Waals surface area contributed by atoms with E-state index in [4.69, 9.17) is 0 Å². The van der Waals surface area contributed by atoms with Crippen molar-refractivity contribution >= 4 is 21.9 Å². The molecule has 0 fully saturated rings. The first-order valence-corrected chi connectivity index (χ1v) is 6.72. The number of aromatic nitrogens is 2. The Labute approximate surface area is 126 Å². The molecule has 0 N–H and O–H groups in total. The molecule has 0 bridgehead atoms. The van der Waals surface area contributed by atoms with Crippen molar-refractivity contribution in [3.8, 4) is 5.69 Å². The van der Waals surface area contributed by atoms with Gasteiger partial charge in [0.05, 0.1) is 12.3 Å². The number of halogens is 4. The Hall–Kier alpha value is -1.83. The topological polar surface area (TPSA) is 44.1 Å². The fourth-order valence-corrected chi connectivity index (χ4v) is 2.07. The van der Waals surface area contributed by atoms with Crippen LogP contribution in [-0.2, 0) is 10.9 Å². The van der Waals surface area contributed by atoms with Gasteiger partial charge in [-0.3, -0.25) is 0 Å². The number of carbonyl (C=O) groups excluding carboxylic acids is 1. The lowest BCUT2D eigenvalue weighted by Gasteiger charge is -2.05. The highest BCUT2D eigenvalue weighted by atomic mass is 79.9. The molecular formula is C13H10BrF3N2O2. The molecule has 8 heteroatoms. The lowest BCUT2D eigenvalue weighted by atomic mass is 10.2. The molecule has 112 valence electrons. The van der Waals surface area contributed by atoms with Gasteiger partial charge in [0.25, 0.3) is 0 Å². The van der Waals surface area contributed by atoms with Crippen molar-refractivity contribution in [2.45, 2.75) is 13.1 Å². The molecule has 0 spiro atoms. The Morgan fingerprint density at radius 1 is 1.43 bits per heavy atom. The molecule has 0 aliphatic rings. The van der Waals surface area contributed by atoms with Crippen molar-refractivity contribution in [3.05, 3.63) is 46.2 Å².